The first-order chi connectivity index (χ1) is 14.0. The second-order valence-corrected chi connectivity index (χ2v) is 9.39. The number of hydrogen-bond donors (Lipinski definition) is 2. The summed E-state index contributed by atoms with van der Waals surface area (Å²) in [7, 11) is 0. The summed E-state index contributed by atoms with van der Waals surface area (Å²) in [4.78, 5) is 30.1. The number of aromatic nitrogens is 1. The largest absolute Gasteiger partial charge is 0.322 e. The molecule has 0 unspecified atom stereocenters. The van der Waals surface area contributed by atoms with Gasteiger partial charge in [0.15, 0.2) is 4.34 Å². The molecule has 0 spiro atoms. The first-order valence-electron chi connectivity index (χ1n) is 8.44. The summed E-state index contributed by atoms with van der Waals surface area (Å²) in [5.41, 5.74) is 2.37. The van der Waals surface area contributed by atoms with Crippen LogP contribution in [-0.4, -0.2) is 23.1 Å². The van der Waals surface area contributed by atoms with Crippen molar-refractivity contribution in [3.8, 4) is 0 Å². The van der Waals surface area contributed by atoms with E-state index in [2.05, 4.69) is 15.6 Å². The molecule has 9 heteroatoms. The number of benzene rings is 2. The van der Waals surface area contributed by atoms with Gasteiger partial charge in [0.2, 0.25) is 0 Å². The van der Waals surface area contributed by atoms with E-state index in [9.17, 15) is 9.59 Å². The van der Waals surface area contributed by atoms with Gasteiger partial charge in [-0.15, -0.1) is 22.7 Å². The molecule has 0 aliphatic carbocycles. The van der Waals surface area contributed by atoms with E-state index in [1.165, 1.54) is 11.3 Å². The van der Waals surface area contributed by atoms with Gasteiger partial charge in [0.25, 0.3) is 11.8 Å². The number of carbonyl (C=O) groups is 2. The number of anilines is 2. The SMILES string of the molecule is CSc1nc2ccc(NC(=O)c3ccc(Cl)c(NC(=O)c4cccs4)c3)cc2s1. The van der Waals surface area contributed by atoms with Crippen molar-refractivity contribution >= 4 is 79.4 Å². The van der Waals surface area contributed by atoms with Crippen molar-refractivity contribution in [3.63, 3.8) is 0 Å². The highest BCUT2D eigenvalue weighted by molar-refractivity contribution is 8.00. The molecule has 2 heterocycles. The first kappa shape index (κ1) is 19.9. The average Bonchev–Trinajstić information content (AvgIpc) is 3.38. The topological polar surface area (TPSA) is 71.1 Å². The standard InChI is InChI=1S/C20H14ClN3O2S3/c1-27-20-24-14-7-5-12(10-17(14)29-20)22-18(25)11-4-6-13(21)15(9-11)23-19(26)16-3-2-8-28-16/h2-10H,1H3,(H,22,25)(H,23,26). The Kier molecular flexibility index (Phi) is 5.86. The minimum atomic E-state index is -0.290. The van der Waals surface area contributed by atoms with Gasteiger partial charge in [-0.25, -0.2) is 4.98 Å². The van der Waals surface area contributed by atoms with Crippen molar-refractivity contribution in [3.05, 3.63) is 69.4 Å². The number of amides is 2. The summed E-state index contributed by atoms with van der Waals surface area (Å²) in [5.74, 6) is -0.554. The Morgan fingerprint density at radius 3 is 2.69 bits per heavy atom. The highest BCUT2D eigenvalue weighted by Gasteiger charge is 2.14. The molecule has 2 aromatic carbocycles. The summed E-state index contributed by atoms with van der Waals surface area (Å²) in [6.45, 7) is 0. The lowest BCUT2D eigenvalue weighted by molar-refractivity contribution is 0.101. The van der Waals surface area contributed by atoms with Gasteiger partial charge in [0.1, 0.15) is 0 Å². The zero-order chi connectivity index (χ0) is 20.4. The van der Waals surface area contributed by atoms with E-state index < -0.39 is 0 Å². The average molecular weight is 460 g/mol. The van der Waals surface area contributed by atoms with Crippen LogP contribution >= 0.6 is 46.0 Å². The lowest BCUT2D eigenvalue weighted by Crippen LogP contribution is -2.14. The van der Waals surface area contributed by atoms with E-state index in [-0.39, 0.29) is 11.8 Å². The maximum Gasteiger partial charge on any atom is 0.265 e. The van der Waals surface area contributed by atoms with Crippen LogP contribution in [0.5, 0.6) is 0 Å². The molecule has 29 heavy (non-hydrogen) atoms. The lowest BCUT2D eigenvalue weighted by Gasteiger charge is -2.10. The fourth-order valence-electron chi connectivity index (χ4n) is 2.63. The number of nitrogens with zero attached hydrogens (tertiary/aromatic N) is 1. The molecule has 0 aliphatic rings. The van der Waals surface area contributed by atoms with E-state index in [0.29, 0.717) is 26.8 Å². The maximum atomic E-state index is 12.7. The van der Waals surface area contributed by atoms with Crippen LogP contribution in [0.15, 0.2) is 58.3 Å². The van der Waals surface area contributed by atoms with Crippen LogP contribution < -0.4 is 10.6 Å². The van der Waals surface area contributed by atoms with Crippen molar-refractivity contribution in [2.24, 2.45) is 0 Å². The van der Waals surface area contributed by atoms with Crippen LogP contribution in [0.3, 0.4) is 0 Å². The molecule has 0 bridgehead atoms. The Hall–Kier alpha value is -2.39. The van der Waals surface area contributed by atoms with Gasteiger partial charge in [-0.2, -0.15) is 0 Å². The van der Waals surface area contributed by atoms with Crippen LogP contribution in [0.4, 0.5) is 11.4 Å². The minimum absolute atomic E-state index is 0.264. The quantitative estimate of drug-likeness (QED) is 0.346. The summed E-state index contributed by atoms with van der Waals surface area (Å²) in [6, 6.07) is 13.9. The molecule has 4 rings (SSSR count). The van der Waals surface area contributed by atoms with Gasteiger partial charge in [0, 0.05) is 11.3 Å². The summed E-state index contributed by atoms with van der Waals surface area (Å²) < 4.78 is 1.99. The molecular formula is C20H14ClN3O2S3. The van der Waals surface area contributed by atoms with E-state index in [1.54, 1.807) is 53.4 Å². The number of thiazole rings is 1. The van der Waals surface area contributed by atoms with Crippen LogP contribution in [0, 0.1) is 0 Å². The molecule has 0 saturated carbocycles. The second-order valence-electron chi connectivity index (χ2n) is 5.95. The number of nitrogens with one attached hydrogen (secondary N) is 2. The lowest BCUT2D eigenvalue weighted by atomic mass is 10.1. The molecule has 0 saturated heterocycles. The normalized spacial score (nSPS) is 10.8. The molecule has 2 aromatic heterocycles. The Balaban J connectivity index is 1.53. The molecule has 2 amide bonds. The zero-order valence-corrected chi connectivity index (χ0v) is 18.3. The predicted octanol–water partition coefficient (Wildman–Crippen LogP) is 6.24. The van der Waals surface area contributed by atoms with Crippen molar-refractivity contribution in [2.75, 3.05) is 16.9 Å². The number of thioether (sulfide) groups is 1. The number of fused-ring (bicyclic) bond motifs is 1. The van der Waals surface area contributed by atoms with Crippen molar-refractivity contribution in [1.82, 2.24) is 4.98 Å². The number of carbonyl (C=O) groups excluding carboxylic acids is 2. The van der Waals surface area contributed by atoms with Crippen LogP contribution in [0.2, 0.25) is 5.02 Å². The molecule has 146 valence electrons. The van der Waals surface area contributed by atoms with Crippen molar-refractivity contribution < 1.29 is 9.59 Å². The van der Waals surface area contributed by atoms with Crippen LogP contribution in [-0.2, 0) is 0 Å². The summed E-state index contributed by atoms with van der Waals surface area (Å²) in [6.07, 6.45) is 1.98. The monoisotopic (exact) mass is 459 g/mol. The molecule has 5 nitrogen and oxygen atoms in total. The molecule has 4 aromatic rings. The van der Waals surface area contributed by atoms with Gasteiger partial charge >= 0.3 is 0 Å². The first-order valence-corrected chi connectivity index (χ1v) is 11.7. The Morgan fingerprint density at radius 1 is 1.07 bits per heavy atom. The summed E-state index contributed by atoms with van der Waals surface area (Å²) in [5, 5.41) is 7.83. The van der Waals surface area contributed by atoms with Crippen LogP contribution in [0.25, 0.3) is 10.2 Å². The minimum Gasteiger partial charge on any atom is -0.322 e. The zero-order valence-electron chi connectivity index (χ0n) is 15.1. The predicted molar refractivity (Wildman–Crippen MR) is 123 cm³/mol. The van der Waals surface area contributed by atoms with Gasteiger partial charge in [-0.1, -0.05) is 29.4 Å². The van der Waals surface area contributed by atoms with Crippen LogP contribution in [0.1, 0.15) is 20.0 Å². The molecule has 0 atom stereocenters. The molecule has 2 N–H and O–H groups in total. The fraction of sp³-hybridized carbons (Fsp3) is 0.0500. The van der Waals surface area contributed by atoms with E-state index in [0.717, 1.165) is 14.6 Å². The molecule has 0 fully saturated rings. The number of thiophene rings is 1. The Labute approximate surface area is 184 Å². The Bertz CT molecular complexity index is 1210. The van der Waals surface area contributed by atoms with E-state index in [1.807, 2.05) is 29.8 Å². The van der Waals surface area contributed by atoms with Crippen molar-refractivity contribution in [2.45, 2.75) is 4.34 Å². The smallest absolute Gasteiger partial charge is 0.265 e. The van der Waals surface area contributed by atoms with Crippen molar-refractivity contribution in [1.29, 1.82) is 0 Å². The van der Waals surface area contributed by atoms with Gasteiger partial charge in [-0.3, -0.25) is 9.59 Å². The third kappa shape index (κ3) is 4.45. The highest BCUT2D eigenvalue weighted by Crippen LogP contribution is 2.30. The molecule has 0 radical (unpaired) electrons. The maximum absolute atomic E-state index is 12.7. The third-order valence-electron chi connectivity index (χ3n) is 4.02. The van der Waals surface area contributed by atoms with Gasteiger partial charge in [0.05, 0.1) is 25.8 Å². The molecule has 0 aliphatic heterocycles. The third-order valence-corrected chi connectivity index (χ3v) is 7.22. The number of hydrogen-bond acceptors (Lipinski definition) is 6. The van der Waals surface area contributed by atoms with E-state index in [4.69, 9.17) is 11.6 Å². The van der Waals surface area contributed by atoms with Gasteiger partial charge < -0.3 is 10.6 Å². The van der Waals surface area contributed by atoms with E-state index >= 15 is 0 Å². The number of halogens is 1. The summed E-state index contributed by atoms with van der Waals surface area (Å²) >= 11 is 10.7. The molecular weight excluding hydrogens is 446 g/mol. The second kappa shape index (κ2) is 8.54. The number of rotatable bonds is 5. The highest BCUT2D eigenvalue weighted by atomic mass is 35.5. The Morgan fingerprint density at radius 2 is 1.93 bits per heavy atom. The van der Waals surface area contributed by atoms with Gasteiger partial charge in [-0.05, 0) is 54.1 Å². The fourth-order valence-corrected chi connectivity index (χ4v) is 4.94.